The summed E-state index contributed by atoms with van der Waals surface area (Å²) in [4.78, 5) is 9.04. The van der Waals surface area contributed by atoms with Gasteiger partial charge in [0, 0.05) is 27.6 Å². The van der Waals surface area contributed by atoms with Gasteiger partial charge in [0.05, 0.1) is 33.3 Å². The van der Waals surface area contributed by atoms with E-state index in [0.717, 1.165) is 34.0 Å². The second-order valence-corrected chi connectivity index (χ2v) is 9.71. The molecule has 0 amide bonds. The highest BCUT2D eigenvalue weighted by Crippen LogP contribution is 2.33. The van der Waals surface area contributed by atoms with Gasteiger partial charge in [-0.2, -0.15) is 23.4 Å². The van der Waals surface area contributed by atoms with Crippen LogP contribution in [-0.2, 0) is 6.18 Å². The van der Waals surface area contributed by atoms with E-state index in [2.05, 4.69) is 25.5 Å². The lowest BCUT2D eigenvalue weighted by molar-refractivity contribution is -0.137. The zero-order valence-electron chi connectivity index (χ0n) is 18.8. The smallest absolute Gasteiger partial charge is 0.332 e. The van der Waals surface area contributed by atoms with Gasteiger partial charge in [-0.25, -0.2) is 9.97 Å². The van der Waals surface area contributed by atoms with Crippen LogP contribution in [0.4, 0.5) is 35.4 Å². The zero-order chi connectivity index (χ0) is 25.1. The molecule has 10 heteroatoms. The van der Waals surface area contributed by atoms with E-state index < -0.39 is 11.7 Å². The molecule has 0 spiro atoms. The average Bonchev–Trinajstić information content (AvgIpc) is 3.52. The van der Waals surface area contributed by atoms with Gasteiger partial charge >= 0.3 is 6.18 Å². The Labute approximate surface area is 213 Å². The van der Waals surface area contributed by atoms with Gasteiger partial charge in [-0.15, -0.1) is 22.7 Å². The first-order chi connectivity index (χ1) is 17.3. The number of aromatic nitrogens is 2. The predicted octanol–water partition coefficient (Wildman–Crippen LogP) is 9.42. The van der Waals surface area contributed by atoms with Crippen molar-refractivity contribution in [2.75, 3.05) is 5.32 Å². The summed E-state index contributed by atoms with van der Waals surface area (Å²) in [6.45, 7) is 1.97. The van der Waals surface area contributed by atoms with Gasteiger partial charge in [0.1, 0.15) is 0 Å². The molecule has 0 bridgehead atoms. The molecule has 0 aliphatic heterocycles. The largest absolute Gasteiger partial charge is 0.416 e. The van der Waals surface area contributed by atoms with Crippen molar-refractivity contribution in [1.82, 2.24) is 9.97 Å². The zero-order valence-corrected chi connectivity index (χ0v) is 20.5. The van der Waals surface area contributed by atoms with E-state index in [-0.39, 0.29) is 0 Å². The number of anilines is 2. The van der Waals surface area contributed by atoms with Crippen molar-refractivity contribution in [3.63, 3.8) is 0 Å². The van der Waals surface area contributed by atoms with Gasteiger partial charge in [-0.05, 0) is 49.4 Å². The third-order valence-corrected chi connectivity index (χ3v) is 6.66. The molecule has 0 fully saturated rings. The summed E-state index contributed by atoms with van der Waals surface area (Å²) >= 11 is 2.91. The summed E-state index contributed by atoms with van der Waals surface area (Å²) in [7, 11) is 0. The van der Waals surface area contributed by atoms with Crippen molar-refractivity contribution in [3.8, 4) is 22.5 Å². The number of nitrogens with zero attached hydrogens (tertiary/aromatic N) is 4. The maximum absolute atomic E-state index is 13.0. The number of hydrogen-bond donors (Lipinski definition) is 1. The van der Waals surface area contributed by atoms with Crippen LogP contribution >= 0.6 is 22.7 Å². The van der Waals surface area contributed by atoms with Crippen LogP contribution in [0.3, 0.4) is 0 Å². The van der Waals surface area contributed by atoms with E-state index in [0.29, 0.717) is 27.9 Å². The quantitative estimate of drug-likeness (QED) is 0.226. The molecule has 5 nitrogen and oxygen atoms in total. The summed E-state index contributed by atoms with van der Waals surface area (Å²) in [5, 5.41) is 17.0. The molecule has 2 aromatic heterocycles. The van der Waals surface area contributed by atoms with Crippen LogP contribution in [0.15, 0.2) is 93.8 Å². The molecule has 0 saturated carbocycles. The Kier molecular flexibility index (Phi) is 6.62. The molecule has 3 aromatic carbocycles. The Bertz CT molecular complexity index is 1540. The Balaban J connectivity index is 1.31. The Morgan fingerprint density at radius 1 is 0.750 bits per heavy atom. The summed E-state index contributed by atoms with van der Waals surface area (Å²) in [5.41, 5.74) is 4.38. The number of rotatable bonds is 6. The summed E-state index contributed by atoms with van der Waals surface area (Å²) in [5.74, 6) is 0. The highest BCUT2D eigenvalue weighted by molar-refractivity contribution is 7.14. The number of benzene rings is 3. The Hall–Kier alpha value is -3.89. The Morgan fingerprint density at radius 3 is 1.97 bits per heavy atom. The molecular formula is C26H18F3N5S2. The maximum Gasteiger partial charge on any atom is 0.416 e. The first-order valence-electron chi connectivity index (χ1n) is 10.8. The number of aryl methyl sites for hydroxylation is 1. The third kappa shape index (κ3) is 5.67. The van der Waals surface area contributed by atoms with Crippen molar-refractivity contribution in [1.29, 1.82) is 0 Å². The molecule has 2 heterocycles. The molecule has 0 aliphatic rings. The van der Waals surface area contributed by atoms with E-state index in [1.165, 1.54) is 17.4 Å². The van der Waals surface area contributed by atoms with Crippen LogP contribution in [0.2, 0.25) is 0 Å². The minimum atomic E-state index is -4.40. The number of nitrogens with one attached hydrogen (secondary N) is 1. The van der Waals surface area contributed by atoms with Crippen LogP contribution in [-0.4, -0.2) is 9.97 Å². The lowest BCUT2D eigenvalue weighted by atomic mass is 10.1. The monoisotopic (exact) mass is 521 g/mol. The SMILES string of the molecule is Cc1nc(-c2cccc(N=Nc3cccc(-c4csc(Nc5cccc(C(F)(F)F)c5)n4)c3)c2)cs1. The third-order valence-electron chi connectivity index (χ3n) is 5.13. The fourth-order valence-electron chi connectivity index (χ4n) is 3.43. The van der Waals surface area contributed by atoms with Crippen LogP contribution in [0, 0.1) is 6.92 Å². The van der Waals surface area contributed by atoms with Crippen molar-refractivity contribution in [2.24, 2.45) is 10.2 Å². The van der Waals surface area contributed by atoms with Crippen molar-refractivity contribution in [3.05, 3.63) is 94.1 Å². The van der Waals surface area contributed by atoms with E-state index in [1.807, 2.05) is 66.2 Å². The molecule has 1 N–H and O–H groups in total. The first kappa shape index (κ1) is 23.8. The fraction of sp³-hybridized carbons (Fsp3) is 0.0769. The van der Waals surface area contributed by atoms with Crippen molar-refractivity contribution < 1.29 is 13.2 Å². The predicted molar refractivity (Wildman–Crippen MR) is 139 cm³/mol. The van der Waals surface area contributed by atoms with Crippen LogP contribution < -0.4 is 5.32 Å². The lowest BCUT2D eigenvalue weighted by Crippen LogP contribution is -2.05. The molecule has 0 atom stereocenters. The number of azo groups is 1. The molecule has 5 aromatic rings. The number of hydrogen-bond acceptors (Lipinski definition) is 7. The fourth-order valence-corrected chi connectivity index (χ4v) is 4.79. The second-order valence-electron chi connectivity index (χ2n) is 7.79. The van der Waals surface area contributed by atoms with Gasteiger partial charge in [0.2, 0.25) is 0 Å². The van der Waals surface area contributed by atoms with Gasteiger partial charge in [-0.3, -0.25) is 0 Å². The highest BCUT2D eigenvalue weighted by Gasteiger charge is 2.30. The second kappa shape index (κ2) is 10.00. The normalized spacial score (nSPS) is 11.8. The van der Waals surface area contributed by atoms with Crippen LogP contribution in [0.5, 0.6) is 0 Å². The molecule has 36 heavy (non-hydrogen) atoms. The molecule has 5 rings (SSSR count). The number of halogens is 3. The molecule has 0 radical (unpaired) electrons. The molecule has 180 valence electrons. The van der Waals surface area contributed by atoms with E-state index >= 15 is 0 Å². The van der Waals surface area contributed by atoms with Gasteiger partial charge < -0.3 is 5.32 Å². The highest BCUT2D eigenvalue weighted by atomic mass is 32.1. The topological polar surface area (TPSA) is 62.5 Å². The minimum absolute atomic E-state index is 0.323. The van der Waals surface area contributed by atoms with Gasteiger partial charge in [0.15, 0.2) is 5.13 Å². The standard InChI is InChI=1S/C26H18F3N5S2/c1-16-30-23(14-35-16)17-5-2-9-21(11-17)33-34-22-10-3-6-18(12-22)24-15-36-25(32-24)31-20-8-4-7-19(13-20)26(27,28)29/h2-15H,1H3,(H,31,32). The van der Waals surface area contributed by atoms with E-state index in [4.69, 9.17) is 0 Å². The van der Waals surface area contributed by atoms with E-state index in [1.54, 1.807) is 17.4 Å². The summed E-state index contributed by atoms with van der Waals surface area (Å²) in [6, 6.07) is 20.2. The molecule has 0 saturated heterocycles. The first-order valence-corrected chi connectivity index (χ1v) is 12.5. The molecular weight excluding hydrogens is 503 g/mol. The average molecular weight is 522 g/mol. The van der Waals surface area contributed by atoms with Gasteiger partial charge in [-0.1, -0.05) is 30.3 Å². The summed E-state index contributed by atoms with van der Waals surface area (Å²) < 4.78 is 38.9. The molecule has 0 aliphatic carbocycles. The van der Waals surface area contributed by atoms with Crippen LogP contribution in [0.25, 0.3) is 22.5 Å². The Morgan fingerprint density at radius 2 is 1.36 bits per heavy atom. The van der Waals surface area contributed by atoms with Crippen molar-refractivity contribution >= 4 is 44.9 Å². The minimum Gasteiger partial charge on any atom is -0.332 e. The lowest BCUT2D eigenvalue weighted by Gasteiger charge is -2.08. The molecule has 0 unspecified atom stereocenters. The number of thiazole rings is 2. The number of alkyl halides is 3. The van der Waals surface area contributed by atoms with Crippen LogP contribution in [0.1, 0.15) is 10.6 Å². The van der Waals surface area contributed by atoms with Crippen molar-refractivity contribution in [2.45, 2.75) is 13.1 Å². The van der Waals surface area contributed by atoms with E-state index in [9.17, 15) is 13.2 Å². The van der Waals surface area contributed by atoms with Gasteiger partial charge in [0.25, 0.3) is 0 Å². The maximum atomic E-state index is 13.0. The summed E-state index contributed by atoms with van der Waals surface area (Å²) in [6.07, 6.45) is -4.40.